The Kier molecular flexibility index (Phi) is 6.15. The molecule has 1 saturated carbocycles. The highest BCUT2D eigenvalue weighted by Crippen LogP contribution is 2.31. The molecule has 1 unspecified atom stereocenters. The first-order valence-electron chi connectivity index (χ1n) is 9.12. The topological polar surface area (TPSA) is 90.1 Å². The van der Waals surface area contributed by atoms with Crippen molar-refractivity contribution in [2.75, 3.05) is 6.61 Å². The summed E-state index contributed by atoms with van der Waals surface area (Å²) < 4.78 is 47.1. The van der Waals surface area contributed by atoms with Gasteiger partial charge in [0.05, 0.1) is 0 Å². The van der Waals surface area contributed by atoms with Crippen LogP contribution in [0.25, 0.3) is 0 Å². The van der Waals surface area contributed by atoms with Crippen molar-refractivity contribution in [1.82, 2.24) is 20.4 Å². The summed E-state index contributed by atoms with van der Waals surface area (Å²) >= 11 is 0. The normalized spacial score (nSPS) is 16.6. The van der Waals surface area contributed by atoms with Crippen LogP contribution in [0.1, 0.15) is 73.2 Å². The molecule has 1 amide bonds. The van der Waals surface area contributed by atoms with Gasteiger partial charge in [-0.3, -0.25) is 4.79 Å². The van der Waals surface area contributed by atoms with Crippen LogP contribution in [0.5, 0.6) is 5.75 Å². The minimum absolute atomic E-state index is 0.239. The number of aromatic nitrogens is 3. The molecule has 0 aliphatic heterocycles. The van der Waals surface area contributed by atoms with E-state index in [1.165, 1.54) is 24.8 Å². The summed E-state index contributed by atoms with van der Waals surface area (Å²) in [5.74, 6) is 0.179. The number of carbonyl (C=O) groups excluding carboxylic acids is 1. The maximum absolute atomic E-state index is 12.5. The van der Waals surface area contributed by atoms with Crippen LogP contribution < -0.4 is 10.1 Å². The van der Waals surface area contributed by atoms with Gasteiger partial charge < -0.3 is 14.6 Å². The molecule has 0 bridgehead atoms. The van der Waals surface area contributed by atoms with Crippen molar-refractivity contribution < 1.29 is 27.2 Å². The van der Waals surface area contributed by atoms with Crippen molar-refractivity contribution in [2.45, 2.75) is 57.2 Å². The molecule has 1 atom stereocenters. The number of hydrogen-bond donors (Lipinski definition) is 1. The van der Waals surface area contributed by atoms with Gasteiger partial charge >= 0.3 is 6.18 Å². The highest BCUT2D eigenvalue weighted by Gasteiger charge is 2.30. The molecule has 1 fully saturated rings. The summed E-state index contributed by atoms with van der Waals surface area (Å²) in [6.45, 7) is 0.137. The summed E-state index contributed by atoms with van der Waals surface area (Å²) in [7, 11) is 0. The van der Waals surface area contributed by atoms with Gasteiger partial charge in [-0.05, 0) is 31.9 Å². The second-order valence-corrected chi connectivity index (χ2v) is 6.77. The number of halogens is 3. The van der Waals surface area contributed by atoms with Crippen LogP contribution in [0.2, 0.25) is 0 Å². The first kappa shape index (κ1) is 20.1. The Bertz CT molecular complexity index is 803. The molecule has 7 nitrogen and oxygen atoms in total. The van der Waals surface area contributed by atoms with E-state index in [9.17, 15) is 18.0 Å². The molecule has 0 spiro atoms. The summed E-state index contributed by atoms with van der Waals surface area (Å²) in [4.78, 5) is 20.7. The zero-order chi connectivity index (χ0) is 20.1. The molecule has 10 heteroatoms. The molecule has 2 aromatic rings. The van der Waals surface area contributed by atoms with Gasteiger partial charge in [0, 0.05) is 12.1 Å². The largest absolute Gasteiger partial charge is 0.482 e. The zero-order valence-corrected chi connectivity index (χ0v) is 15.3. The van der Waals surface area contributed by atoms with Gasteiger partial charge in [-0.2, -0.15) is 18.2 Å². The van der Waals surface area contributed by atoms with Gasteiger partial charge in [0.25, 0.3) is 5.91 Å². The molecule has 1 N–H and O–H groups in total. The fourth-order valence-corrected chi connectivity index (χ4v) is 3.11. The molecular formula is C18H21F3N4O3. The predicted molar refractivity (Wildman–Crippen MR) is 91.8 cm³/mol. The summed E-state index contributed by atoms with van der Waals surface area (Å²) in [6.07, 6.45) is 2.25. The van der Waals surface area contributed by atoms with Crippen molar-refractivity contribution in [3.8, 4) is 5.75 Å². The van der Waals surface area contributed by atoms with E-state index in [0.29, 0.717) is 5.82 Å². The van der Waals surface area contributed by atoms with Crippen molar-refractivity contribution in [1.29, 1.82) is 0 Å². The zero-order valence-electron chi connectivity index (χ0n) is 15.3. The SMILES string of the molecule is CC(NC(=O)c1ncccc1OCC(F)(F)F)c1nc(C2CCCCC2)no1. The van der Waals surface area contributed by atoms with E-state index < -0.39 is 24.7 Å². The molecular weight excluding hydrogens is 377 g/mol. The van der Waals surface area contributed by atoms with Gasteiger partial charge in [0.1, 0.15) is 6.04 Å². The Labute approximate surface area is 159 Å². The lowest BCUT2D eigenvalue weighted by atomic mass is 9.89. The lowest BCUT2D eigenvalue weighted by Crippen LogP contribution is -2.29. The number of pyridine rings is 1. The van der Waals surface area contributed by atoms with E-state index in [1.54, 1.807) is 6.92 Å². The molecule has 28 heavy (non-hydrogen) atoms. The number of carbonyl (C=O) groups is 1. The van der Waals surface area contributed by atoms with Crippen molar-refractivity contribution in [3.63, 3.8) is 0 Å². The van der Waals surface area contributed by atoms with E-state index in [4.69, 9.17) is 9.26 Å². The fraction of sp³-hybridized carbons (Fsp3) is 0.556. The van der Waals surface area contributed by atoms with Gasteiger partial charge in [-0.25, -0.2) is 4.98 Å². The van der Waals surface area contributed by atoms with Gasteiger partial charge in [-0.1, -0.05) is 24.4 Å². The number of amides is 1. The van der Waals surface area contributed by atoms with E-state index in [0.717, 1.165) is 25.7 Å². The minimum Gasteiger partial charge on any atom is -0.482 e. The summed E-state index contributed by atoms with van der Waals surface area (Å²) in [5.41, 5.74) is -0.245. The first-order valence-corrected chi connectivity index (χ1v) is 9.12. The van der Waals surface area contributed by atoms with E-state index in [1.807, 2.05) is 0 Å². The molecule has 2 heterocycles. The minimum atomic E-state index is -4.52. The van der Waals surface area contributed by atoms with E-state index in [2.05, 4.69) is 20.4 Å². The third kappa shape index (κ3) is 5.20. The Morgan fingerprint density at radius 3 is 2.82 bits per heavy atom. The fourth-order valence-electron chi connectivity index (χ4n) is 3.11. The molecule has 0 saturated heterocycles. The predicted octanol–water partition coefficient (Wildman–Crippen LogP) is 3.94. The van der Waals surface area contributed by atoms with E-state index in [-0.39, 0.29) is 23.3 Å². The molecule has 1 aliphatic carbocycles. The highest BCUT2D eigenvalue weighted by atomic mass is 19.4. The Hall–Kier alpha value is -2.65. The second kappa shape index (κ2) is 8.57. The number of nitrogens with one attached hydrogen (secondary N) is 1. The smallest absolute Gasteiger partial charge is 0.422 e. The standard InChI is InChI=1S/C18H21F3N4O3/c1-11(17-24-15(25-28-17)12-6-3-2-4-7-12)23-16(26)14-13(8-5-9-22-14)27-10-18(19,20)21/h5,8-9,11-12H,2-4,6-7,10H2,1H3,(H,23,26). The first-order chi connectivity index (χ1) is 13.3. The average Bonchev–Trinajstić information content (AvgIpc) is 3.17. The van der Waals surface area contributed by atoms with Crippen LogP contribution in [0.3, 0.4) is 0 Å². The van der Waals surface area contributed by atoms with Crippen LogP contribution in [0, 0.1) is 0 Å². The van der Waals surface area contributed by atoms with Crippen LogP contribution in [0.15, 0.2) is 22.9 Å². The van der Waals surface area contributed by atoms with Gasteiger partial charge in [-0.15, -0.1) is 0 Å². The average molecular weight is 398 g/mol. The monoisotopic (exact) mass is 398 g/mol. The van der Waals surface area contributed by atoms with Crippen LogP contribution in [-0.2, 0) is 0 Å². The number of rotatable bonds is 6. The molecule has 3 rings (SSSR count). The Morgan fingerprint density at radius 1 is 1.36 bits per heavy atom. The van der Waals surface area contributed by atoms with E-state index >= 15 is 0 Å². The van der Waals surface area contributed by atoms with Crippen LogP contribution in [-0.4, -0.2) is 33.8 Å². The molecule has 0 aromatic carbocycles. The number of ether oxygens (including phenoxy) is 1. The van der Waals surface area contributed by atoms with Crippen molar-refractivity contribution in [3.05, 3.63) is 35.7 Å². The molecule has 1 aliphatic rings. The molecule has 152 valence electrons. The van der Waals surface area contributed by atoms with Gasteiger partial charge in [0.15, 0.2) is 23.9 Å². The number of hydrogen-bond acceptors (Lipinski definition) is 6. The Morgan fingerprint density at radius 2 is 2.11 bits per heavy atom. The third-order valence-corrected chi connectivity index (χ3v) is 4.52. The summed E-state index contributed by atoms with van der Waals surface area (Å²) in [6, 6.07) is 2.02. The maximum atomic E-state index is 12.5. The molecule has 0 radical (unpaired) electrons. The van der Waals surface area contributed by atoms with Crippen LogP contribution >= 0.6 is 0 Å². The lowest BCUT2D eigenvalue weighted by molar-refractivity contribution is -0.153. The lowest BCUT2D eigenvalue weighted by Gasteiger charge is -2.17. The third-order valence-electron chi connectivity index (χ3n) is 4.52. The van der Waals surface area contributed by atoms with Crippen molar-refractivity contribution >= 4 is 5.91 Å². The number of alkyl halides is 3. The number of nitrogens with zero attached hydrogens (tertiary/aromatic N) is 3. The van der Waals surface area contributed by atoms with Crippen molar-refractivity contribution in [2.24, 2.45) is 0 Å². The highest BCUT2D eigenvalue weighted by molar-refractivity contribution is 5.95. The van der Waals surface area contributed by atoms with Crippen LogP contribution in [0.4, 0.5) is 13.2 Å². The second-order valence-electron chi connectivity index (χ2n) is 6.77. The maximum Gasteiger partial charge on any atom is 0.422 e. The molecule has 2 aromatic heterocycles. The van der Waals surface area contributed by atoms with Gasteiger partial charge in [0.2, 0.25) is 5.89 Å². The quantitative estimate of drug-likeness (QED) is 0.793. The summed E-state index contributed by atoms with van der Waals surface area (Å²) in [5, 5.41) is 6.62. The Balaban J connectivity index is 1.65.